The second kappa shape index (κ2) is 4.30. The van der Waals surface area contributed by atoms with Crippen molar-refractivity contribution in [2.75, 3.05) is 5.32 Å². The van der Waals surface area contributed by atoms with Crippen LogP contribution in [0.1, 0.15) is 26.2 Å². The van der Waals surface area contributed by atoms with Gasteiger partial charge >= 0.3 is 0 Å². The van der Waals surface area contributed by atoms with Gasteiger partial charge in [-0.15, -0.1) is 0 Å². The van der Waals surface area contributed by atoms with Gasteiger partial charge in [0.25, 0.3) is 0 Å². The van der Waals surface area contributed by atoms with Crippen molar-refractivity contribution in [3.8, 4) is 0 Å². The summed E-state index contributed by atoms with van der Waals surface area (Å²) in [4.78, 5) is 4.18. The van der Waals surface area contributed by atoms with E-state index in [9.17, 15) is 0 Å². The maximum absolute atomic E-state index is 4.18. The van der Waals surface area contributed by atoms with Gasteiger partial charge in [-0.2, -0.15) is 0 Å². The van der Waals surface area contributed by atoms with E-state index in [1.807, 2.05) is 6.07 Å². The fraction of sp³-hybridized carbons (Fsp3) is 0.545. The Labute approximate surface area is 93.3 Å². The molecule has 1 unspecified atom stereocenters. The molecule has 3 heteroatoms. The van der Waals surface area contributed by atoms with Crippen LogP contribution in [-0.2, 0) is 0 Å². The van der Waals surface area contributed by atoms with Gasteiger partial charge in [0.2, 0.25) is 0 Å². The van der Waals surface area contributed by atoms with Gasteiger partial charge in [0.15, 0.2) is 0 Å². The topological polar surface area (TPSA) is 24.9 Å². The molecular weight excluding hydrogens is 240 g/mol. The van der Waals surface area contributed by atoms with E-state index in [4.69, 9.17) is 0 Å². The van der Waals surface area contributed by atoms with Crippen molar-refractivity contribution in [1.29, 1.82) is 0 Å². The summed E-state index contributed by atoms with van der Waals surface area (Å²) < 4.78 is 0.905. The van der Waals surface area contributed by atoms with Gasteiger partial charge in [0, 0.05) is 12.2 Å². The molecule has 1 aliphatic carbocycles. The molecular formula is C11H15BrN2. The summed E-state index contributed by atoms with van der Waals surface area (Å²) in [5.41, 5.74) is 1.10. The summed E-state index contributed by atoms with van der Waals surface area (Å²) in [6.45, 7) is 2.23. The molecule has 0 saturated heterocycles. The minimum absolute atomic E-state index is 0.544. The maximum Gasteiger partial charge on any atom is 0.129 e. The second-order valence-electron chi connectivity index (χ2n) is 4.07. The summed E-state index contributed by atoms with van der Waals surface area (Å²) in [7, 11) is 0. The Morgan fingerprint density at radius 3 is 3.07 bits per heavy atom. The van der Waals surface area contributed by atoms with E-state index in [1.165, 1.54) is 19.3 Å². The van der Waals surface area contributed by atoms with Crippen LogP contribution in [0.3, 0.4) is 0 Å². The van der Waals surface area contributed by atoms with Crippen LogP contribution >= 0.6 is 15.9 Å². The first-order valence-electron chi connectivity index (χ1n) is 5.13. The van der Waals surface area contributed by atoms with Crippen molar-refractivity contribution in [3.05, 3.63) is 22.9 Å². The van der Waals surface area contributed by atoms with Crippen LogP contribution in [0.15, 0.2) is 22.9 Å². The third kappa shape index (κ3) is 2.71. The smallest absolute Gasteiger partial charge is 0.129 e. The Morgan fingerprint density at radius 1 is 1.64 bits per heavy atom. The highest BCUT2D eigenvalue weighted by molar-refractivity contribution is 9.10. The monoisotopic (exact) mass is 254 g/mol. The maximum atomic E-state index is 4.18. The Morgan fingerprint density at radius 2 is 2.43 bits per heavy atom. The third-order valence-corrected chi connectivity index (χ3v) is 3.18. The number of nitrogens with one attached hydrogen (secondary N) is 1. The fourth-order valence-corrected chi connectivity index (χ4v) is 2.04. The number of pyridine rings is 1. The molecule has 0 bridgehead atoms. The summed E-state index contributed by atoms with van der Waals surface area (Å²) in [6, 6.07) is 4.56. The molecule has 1 aromatic rings. The third-order valence-electron chi connectivity index (χ3n) is 2.54. The molecule has 1 aromatic heterocycles. The second-order valence-corrected chi connectivity index (χ2v) is 4.82. The molecule has 76 valence electrons. The molecule has 0 aromatic carbocycles. The highest BCUT2D eigenvalue weighted by Gasteiger charge is 2.23. The highest BCUT2D eigenvalue weighted by Crippen LogP contribution is 2.34. The Kier molecular flexibility index (Phi) is 3.06. The van der Waals surface area contributed by atoms with E-state index in [-0.39, 0.29) is 0 Å². The zero-order chi connectivity index (χ0) is 9.97. The average Bonchev–Trinajstić information content (AvgIpc) is 2.93. The number of halogens is 1. The summed E-state index contributed by atoms with van der Waals surface area (Å²) in [5, 5.41) is 3.47. The van der Waals surface area contributed by atoms with E-state index >= 15 is 0 Å². The van der Waals surface area contributed by atoms with E-state index < -0.39 is 0 Å². The molecule has 0 radical (unpaired) electrons. The lowest BCUT2D eigenvalue weighted by Gasteiger charge is -2.15. The highest BCUT2D eigenvalue weighted by atomic mass is 79.9. The molecule has 1 atom stereocenters. The van der Waals surface area contributed by atoms with Crippen LogP contribution in [0.2, 0.25) is 0 Å². The van der Waals surface area contributed by atoms with Crippen LogP contribution in [0, 0.1) is 5.92 Å². The largest absolute Gasteiger partial charge is 0.380 e. The first-order valence-corrected chi connectivity index (χ1v) is 5.92. The quantitative estimate of drug-likeness (QED) is 0.833. The molecule has 1 aliphatic rings. The Balaban J connectivity index is 1.91. The lowest BCUT2D eigenvalue weighted by Crippen LogP contribution is -2.16. The van der Waals surface area contributed by atoms with Crippen molar-refractivity contribution in [2.45, 2.75) is 32.2 Å². The van der Waals surface area contributed by atoms with Crippen molar-refractivity contribution in [3.63, 3.8) is 0 Å². The SMILES string of the molecule is CC(CC1CC1)Nc1cccnc1Br. The Bertz CT molecular complexity index is 310. The molecule has 0 amide bonds. The van der Waals surface area contributed by atoms with Crippen LogP contribution in [0.5, 0.6) is 0 Å². The predicted octanol–water partition coefficient (Wildman–Crippen LogP) is 3.44. The van der Waals surface area contributed by atoms with Crippen LogP contribution < -0.4 is 5.32 Å². The van der Waals surface area contributed by atoms with Crippen LogP contribution in [-0.4, -0.2) is 11.0 Å². The van der Waals surface area contributed by atoms with E-state index in [2.05, 4.69) is 39.2 Å². The van der Waals surface area contributed by atoms with Gasteiger partial charge in [-0.1, -0.05) is 12.8 Å². The number of hydrogen-bond donors (Lipinski definition) is 1. The average molecular weight is 255 g/mol. The zero-order valence-electron chi connectivity index (χ0n) is 8.33. The molecule has 14 heavy (non-hydrogen) atoms. The normalized spacial score (nSPS) is 17.9. The standard InChI is InChI=1S/C11H15BrN2/c1-8(7-9-4-5-9)14-10-3-2-6-13-11(10)12/h2-3,6,8-9,14H,4-5,7H2,1H3. The van der Waals surface area contributed by atoms with Gasteiger partial charge in [0.1, 0.15) is 4.60 Å². The molecule has 0 aliphatic heterocycles. The fourth-order valence-electron chi connectivity index (χ4n) is 1.67. The lowest BCUT2D eigenvalue weighted by molar-refractivity contribution is 0.641. The first kappa shape index (κ1) is 9.97. The Hall–Kier alpha value is -0.570. The molecule has 2 nitrogen and oxygen atoms in total. The number of nitrogens with zero attached hydrogens (tertiary/aromatic N) is 1. The summed E-state index contributed by atoms with van der Waals surface area (Å²) in [6.07, 6.45) is 5.91. The first-order chi connectivity index (χ1) is 6.75. The number of hydrogen-bond acceptors (Lipinski definition) is 2. The van der Waals surface area contributed by atoms with E-state index in [0.29, 0.717) is 6.04 Å². The molecule has 2 rings (SSSR count). The van der Waals surface area contributed by atoms with Crippen molar-refractivity contribution < 1.29 is 0 Å². The summed E-state index contributed by atoms with van der Waals surface area (Å²) in [5.74, 6) is 0.966. The molecule has 1 heterocycles. The lowest BCUT2D eigenvalue weighted by atomic mass is 10.1. The van der Waals surface area contributed by atoms with Gasteiger partial charge in [-0.05, 0) is 47.3 Å². The van der Waals surface area contributed by atoms with Crippen LogP contribution in [0.4, 0.5) is 5.69 Å². The minimum Gasteiger partial charge on any atom is -0.380 e. The van der Waals surface area contributed by atoms with Crippen molar-refractivity contribution in [1.82, 2.24) is 4.98 Å². The van der Waals surface area contributed by atoms with E-state index in [0.717, 1.165) is 16.2 Å². The minimum atomic E-state index is 0.544. The number of rotatable bonds is 4. The zero-order valence-corrected chi connectivity index (χ0v) is 9.92. The number of anilines is 1. The molecule has 1 saturated carbocycles. The molecule has 1 N–H and O–H groups in total. The van der Waals surface area contributed by atoms with Crippen molar-refractivity contribution >= 4 is 21.6 Å². The van der Waals surface area contributed by atoms with Crippen molar-refractivity contribution in [2.24, 2.45) is 5.92 Å². The molecule has 0 spiro atoms. The van der Waals surface area contributed by atoms with Gasteiger partial charge in [-0.25, -0.2) is 4.98 Å². The van der Waals surface area contributed by atoms with Gasteiger partial charge in [0.05, 0.1) is 5.69 Å². The predicted molar refractivity (Wildman–Crippen MR) is 62.4 cm³/mol. The van der Waals surface area contributed by atoms with E-state index in [1.54, 1.807) is 6.20 Å². The molecule has 1 fully saturated rings. The van der Waals surface area contributed by atoms with Crippen LogP contribution in [0.25, 0.3) is 0 Å². The number of aromatic nitrogens is 1. The summed E-state index contributed by atoms with van der Waals surface area (Å²) >= 11 is 3.43. The van der Waals surface area contributed by atoms with Gasteiger partial charge in [-0.3, -0.25) is 0 Å². The van der Waals surface area contributed by atoms with Gasteiger partial charge < -0.3 is 5.32 Å².